The Balaban J connectivity index is 2.07. The van der Waals surface area contributed by atoms with Gasteiger partial charge in [0.2, 0.25) is 10.0 Å². The van der Waals surface area contributed by atoms with Crippen molar-refractivity contribution in [3.05, 3.63) is 54.0 Å². The Morgan fingerprint density at radius 2 is 2.00 bits per heavy atom. The van der Waals surface area contributed by atoms with Gasteiger partial charge in [-0.05, 0) is 43.3 Å². The summed E-state index contributed by atoms with van der Waals surface area (Å²) >= 11 is 0. The predicted octanol–water partition coefficient (Wildman–Crippen LogP) is 1.68. The Morgan fingerprint density at radius 1 is 1.30 bits per heavy atom. The lowest BCUT2D eigenvalue weighted by Gasteiger charge is -2.11. The van der Waals surface area contributed by atoms with E-state index in [1.54, 1.807) is 19.1 Å². The van der Waals surface area contributed by atoms with E-state index in [-0.39, 0.29) is 23.4 Å². The largest absolute Gasteiger partial charge is 0.467 e. The van der Waals surface area contributed by atoms with E-state index in [4.69, 9.17) is 10.8 Å². The minimum atomic E-state index is -3.66. The molecule has 1 heterocycles. The van der Waals surface area contributed by atoms with Crippen molar-refractivity contribution in [2.75, 3.05) is 6.54 Å². The van der Waals surface area contributed by atoms with Crippen LogP contribution in [-0.4, -0.2) is 20.9 Å². The van der Waals surface area contributed by atoms with Crippen LogP contribution >= 0.6 is 0 Å². The van der Waals surface area contributed by atoms with Crippen LogP contribution in [0.4, 0.5) is 0 Å². The molecule has 2 aromatic rings. The first kappa shape index (κ1) is 16.8. The van der Waals surface area contributed by atoms with E-state index in [2.05, 4.69) is 16.0 Å². The van der Waals surface area contributed by atoms with Crippen LogP contribution < -0.4 is 10.0 Å². The quantitative estimate of drug-likeness (QED) is 0.788. The van der Waals surface area contributed by atoms with Gasteiger partial charge in [0.05, 0.1) is 23.7 Å². The van der Waals surface area contributed by atoms with Crippen LogP contribution in [0.3, 0.4) is 0 Å². The summed E-state index contributed by atoms with van der Waals surface area (Å²) < 4.78 is 31.2. The van der Waals surface area contributed by atoms with E-state index < -0.39 is 10.0 Å². The van der Waals surface area contributed by atoms with Crippen LogP contribution in [0.5, 0.6) is 0 Å². The minimum Gasteiger partial charge on any atom is -0.467 e. The highest BCUT2D eigenvalue weighted by Crippen LogP contribution is 2.14. The Morgan fingerprint density at radius 3 is 2.57 bits per heavy atom. The molecule has 0 aliphatic heterocycles. The topological polar surface area (TPSA) is 88.4 Å². The molecule has 2 rings (SSSR count). The van der Waals surface area contributed by atoms with Gasteiger partial charge >= 0.3 is 0 Å². The average molecular weight is 332 g/mol. The predicted molar refractivity (Wildman–Crippen MR) is 85.1 cm³/mol. The SMILES string of the molecule is C#CCNS(=O)(=O)c1ccc(C(=O)NC(C)c2ccco2)cc1. The van der Waals surface area contributed by atoms with Crippen LogP contribution in [0.25, 0.3) is 0 Å². The zero-order valence-electron chi connectivity index (χ0n) is 12.4. The number of nitrogens with one attached hydrogen (secondary N) is 2. The van der Waals surface area contributed by atoms with Gasteiger partial charge in [0, 0.05) is 5.56 Å². The van der Waals surface area contributed by atoms with E-state index in [0.717, 1.165) is 0 Å². The lowest BCUT2D eigenvalue weighted by atomic mass is 10.2. The van der Waals surface area contributed by atoms with Crippen LogP contribution in [0, 0.1) is 12.3 Å². The van der Waals surface area contributed by atoms with Gasteiger partial charge in [0.1, 0.15) is 5.76 Å². The summed E-state index contributed by atoms with van der Waals surface area (Å²) in [5.74, 6) is 2.51. The van der Waals surface area contributed by atoms with E-state index >= 15 is 0 Å². The second kappa shape index (κ2) is 7.13. The molecule has 0 aliphatic rings. The van der Waals surface area contributed by atoms with Gasteiger partial charge in [0.25, 0.3) is 5.91 Å². The van der Waals surface area contributed by atoms with Gasteiger partial charge < -0.3 is 9.73 Å². The summed E-state index contributed by atoms with van der Waals surface area (Å²) in [6, 6.07) is 8.79. The zero-order chi connectivity index (χ0) is 16.9. The summed E-state index contributed by atoms with van der Waals surface area (Å²) in [7, 11) is -3.66. The van der Waals surface area contributed by atoms with Crippen LogP contribution in [0.1, 0.15) is 29.1 Å². The number of carbonyl (C=O) groups excluding carboxylic acids is 1. The fourth-order valence-corrected chi connectivity index (χ4v) is 2.83. The molecule has 0 saturated heterocycles. The van der Waals surface area contributed by atoms with Crippen LogP contribution in [0.15, 0.2) is 52.0 Å². The lowest BCUT2D eigenvalue weighted by Crippen LogP contribution is -2.27. The molecule has 23 heavy (non-hydrogen) atoms. The highest BCUT2D eigenvalue weighted by atomic mass is 32.2. The van der Waals surface area contributed by atoms with Gasteiger partial charge in [-0.1, -0.05) is 5.92 Å². The van der Waals surface area contributed by atoms with Crippen LogP contribution in [-0.2, 0) is 10.0 Å². The average Bonchev–Trinajstić information content (AvgIpc) is 3.07. The third-order valence-electron chi connectivity index (χ3n) is 3.11. The highest BCUT2D eigenvalue weighted by Gasteiger charge is 2.16. The van der Waals surface area contributed by atoms with E-state index in [1.807, 2.05) is 0 Å². The van der Waals surface area contributed by atoms with Gasteiger partial charge in [-0.25, -0.2) is 8.42 Å². The van der Waals surface area contributed by atoms with Crippen molar-refractivity contribution in [3.8, 4) is 12.3 Å². The Kier molecular flexibility index (Phi) is 5.21. The fraction of sp³-hybridized carbons (Fsp3) is 0.188. The molecule has 1 amide bonds. The fourth-order valence-electron chi connectivity index (χ4n) is 1.89. The first-order valence-electron chi connectivity index (χ1n) is 6.81. The van der Waals surface area contributed by atoms with Crippen molar-refractivity contribution < 1.29 is 17.6 Å². The Bertz CT molecular complexity index is 803. The first-order valence-corrected chi connectivity index (χ1v) is 8.30. The number of furan rings is 1. The van der Waals surface area contributed by atoms with Crippen molar-refractivity contribution in [1.82, 2.24) is 10.0 Å². The molecule has 120 valence electrons. The molecule has 6 nitrogen and oxygen atoms in total. The molecule has 0 spiro atoms. The molecule has 1 atom stereocenters. The normalized spacial score (nSPS) is 12.3. The van der Waals surface area contributed by atoms with Crippen molar-refractivity contribution in [2.24, 2.45) is 0 Å². The van der Waals surface area contributed by atoms with Crippen LogP contribution in [0.2, 0.25) is 0 Å². The van der Waals surface area contributed by atoms with E-state index in [1.165, 1.54) is 30.5 Å². The van der Waals surface area contributed by atoms with E-state index in [0.29, 0.717) is 11.3 Å². The van der Waals surface area contributed by atoms with Crippen molar-refractivity contribution in [2.45, 2.75) is 17.9 Å². The number of rotatable bonds is 6. The summed E-state index contributed by atoms with van der Waals surface area (Å²) in [6.45, 7) is 1.70. The minimum absolute atomic E-state index is 0.0448. The summed E-state index contributed by atoms with van der Waals surface area (Å²) in [5, 5.41) is 2.77. The number of amides is 1. The van der Waals surface area contributed by atoms with Crippen molar-refractivity contribution >= 4 is 15.9 Å². The second-order valence-electron chi connectivity index (χ2n) is 4.76. The summed E-state index contributed by atoms with van der Waals surface area (Å²) in [6.07, 6.45) is 6.56. The zero-order valence-corrected chi connectivity index (χ0v) is 13.3. The van der Waals surface area contributed by atoms with Gasteiger partial charge in [-0.2, -0.15) is 4.72 Å². The number of benzene rings is 1. The number of terminal acetylenes is 1. The maximum Gasteiger partial charge on any atom is 0.251 e. The number of sulfonamides is 1. The molecule has 0 bridgehead atoms. The summed E-state index contributed by atoms with van der Waals surface area (Å²) in [5.41, 5.74) is 0.347. The maximum absolute atomic E-state index is 12.1. The standard InChI is InChI=1S/C16H16N2O4S/c1-3-10-17-23(20,21)14-8-6-13(7-9-14)16(19)18-12(2)15-5-4-11-22-15/h1,4-9,11-12,17H,10H2,2H3,(H,18,19). The van der Waals surface area contributed by atoms with Gasteiger partial charge in [-0.3, -0.25) is 4.79 Å². The second-order valence-corrected chi connectivity index (χ2v) is 6.53. The molecular weight excluding hydrogens is 316 g/mol. The Labute approximate surface area is 134 Å². The molecule has 0 aliphatic carbocycles. The molecule has 0 radical (unpaired) electrons. The molecular formula is C16H16N2O4S. The molecule has 1 aromatic heterocycles. The number of hydrogen-bond acceptors (Lipinski definition) is 4. The number of hydrogen-bond donors (Lipinski definition) is 2. The molecule has 2 N–H and O–H groups in total. The molecule has 7 heteroatoms. The number of carbonyl (C=O) groups is 1. The smallest absolute Gasteiger partial charge is 0.251 e. The third kappa shape index (κ3) is 4.22. The van der Waals surface area contributed by atoms with Crippen molar-refractivity contribution in [3.63, 3.8) is 0 Å². The van der Waals surface area contributed by atoms with Gasteiger partial charge in [-0.15, -0.1) is 6.42 Å². The third-order valence-corrected chi connectivity index (χ3v) is 4.53. The molecule has 1 aromatic carbocycles. The summed E-state index contributed by atoms with van der Waals surface area (Å²) in [4.78, 5) is 12.2. The maximum atomic E-state index is 12.1. The lowest BCUT2D eigenvalue weighted by molar-refractivity contribution is 0.0935. The van der Waals surface area contributed by atoms with Crippen molar-refractivity contribution in [1.29, 1.82) is 0 Å². The van der Waals surface area contributed by atoms with Gasteiger partial charge in [0.15, 0.2) is 0 Å². The highest BCUT2D eigenvalue weighted by molar-refractivity contribution is 7.89. The molecule has 0 saturated carbocycles. The Hall–Kier alpha value is -2.56. The monoisotopic (exact) mass is 332 g/mol. The molecule has 0 fully saturated rings. The first-order chi connectivity index (χ1) is 10.9. The van der Waals surface area contributed by atoms with E-state index in [9.17, 15) is 13.2 Å². The molecule has 1 unspecified atom stereocenters.